The second kappa shape index (κ2) is 6.29. The van der Waals surface area contributed by atoms with Gasteiger partial charge < -0.3 is 10.6 Å². The lowest BCUT2D eigenvalue weighted by atomic mass is 10.2. The van der Waals surface area contributed by atoms with Gasteiger partial charge in [-0.1, -0.05) is 18.2 Å². The third-order valence-electron chi connectivity index (χ3n) is 2.66. The van der Waals surface area contributed by atoms with Gasteiger partial charge in [-0.25, -0.2) is 0 Å². The molecular weight excluding hydrogens is 254 g/mol. The molecule has 6 heteroatoms. The van der Waals surface area contributed by atoms with Crippen LogP contribution in [0.2, 0.25) is 0 Å². The summed E-state index contributed by atoms with van der Waals surface area (Å²) in [6.45, 7) is 0.297. The molecule has 2 aromatic rings. The Kier molecular flexibility index (Phi) is 4.24. The summed E-state index contributed by atoms with van der Waals surface area (Å²) in [5, 5.41) is 16.2. The number of nitrogens with two attached hydrogens (primary N) is 1. The fraction of sp³-hybridized carbons (Fsp3) is 0.143. The number of nitrogen functional groups attached to an aromatic ring is 1. The van der Waals surface area contributed by atoms with Crippen molar-refractivity contribution in [1.29, 1.82) is 5.26 Å². The van der Waals surface area contributed by atoms with Crippen LogP contribution in [0.5, 0.6) is 0 Å². The van der Waals surface area contributed by atoms with Gasteiger partial charge >= 0.3 is 0 Å². The standard InChI is InChI=1S/C14H13N5O/c15-9-4-10-19(11-5-2-1-3-6-11)14(20)12-7-8-13(16)18-17-12/h1-3,5-8H,4,10H2,(H2,16,18). The van der Waals surface area contributed by atoms with E-state index in [-0.39, 0.29) is 23.8 Å². The highest BCUT2D eigenvalue weighted by molar-refractivity contribution is 6.04. The Morgan fingerprint density at radius 2 is 1.95 bits per heavy atom. The highest BCUT2D eigenvalue weighted by Crippen LogP contribution is 2.16. The molecule has 0 bridgehead atoms. The van der Waals surface area contributed by atoms with Gasteiger partial charge in [-0.15, -0.1) is 10.2 Å². The Labute approximate surface area is 116 Å². The molecule has 1 aromatic heterocycles. The van der Waals surface area contributed by atoms with E-state index in [0.29, 0.717) is 12.2 Å². The fourth-order valence-electron chi connectivity index (χ4n) is 1.71. The number of rotatable bonds is 4. The van der Waals surface area contributed by atoms with Crippen LogP contribution in [0.15, 0.2) is 42.5 Å². The van der Waals surface area contributed by atoms with Gasteiger partial charge in [-0.05, 0) is 24.3 Å². The van der Waals surface area contributed by atoms with Crippen molar-refractivity contribution < 1.29 is 4.79 Å². The number of hydrogen-bond acceptors (Lipinski definition) is 5. The van der Waals surface area contributed by atoms with E-state index in [4.69, 9.17) is 11.0 Å². The first-order valence-corrected chi connectivity index (χ1v) is 6.05. The number of nitrogens with zero attached hydrogens (tertiary/aromatic N) is 4. The highest BCUT2D eigenvalue weighted by Gasteiger charge is 2.18. The van der Waals surface area contributed by atoms with E-state index in [1.165, 1.54) is 17.0 Å². The van der Waals surface area contributed by atoms with Crippen LogP contribution in [0, 0.1) is 11.3 Å². The summed E-state index contributed by atoms with van der Waals surface area (Å²) in [4.78, 5) is 13.9. The van der Waals surface area contributed by atoms with E-state index in [1.54, 1.807) is 12.1 Å². The summed E-state index contributed by atoms with van der Waals surface area (Å²) in [6.07, 6.45) is 0.239. The maximum absolute atomic E-state index is 12.4. The number of anilines is 2. The molecule has 1 aromatic carbocycles. The Balaban J connectivity index is 2.29. The summed E-state index contributed by atoms with van der Waals surface area (Å²) in [6, 6.07) is 14.2. The number of amides is 1. The number of para-hydroxylation sites is 1. The monoisotopic (exact) mass is 267 g/mol. The van der Waals surface area contributed by atoms with Gasteiger partial charge in [0.25, 0.3) is 5.91 Å². The lowest BCUT2D eigenvalue weighted by Crippen LogP contribution is -2.32. The Morgan fingerprint density at radius 3 is 2.55 bits per heavy atom. The van der Waals surface area contributed by atoms with E-state index in [1.807, 2.05) is 24.3 Å². The van der Waals surface area contributed by atoms with Crippen molar-refractivity contribution in [3.8, 4) is 6.07 Å². The molecule has 0 fully saturated rings. The zero-order chi connectivity index (χ0) is 14.4. The molecule has 0 atom stereocenters. The molecule has 100 valence electrons. The van der Waals surface area contributed by atoms with Gasteiger partial charge in [0, 0.05) is 12.2 Å². The molecule has 0 spiro atoms. The summed E-state index contributed by atoms with van der Waals surface area (Å²) >= 11 is 0. The average Bonchev–Trinajstić information content (AvgIpc) is 2.49. The molecule has 6 nitrogen and oxygen atoms in total. The fourth-order valence-corrected chi connectivity index (χ4v) is 1.71. The lowest BCUT2D eigenvalue weighted by molar-refractivity contribution is 0.0982. The van der Waals surface area contributed by atoms with Crippen molar-refractivity contribution in [2.75, 3.05) is 17.2 Å². The maximum Gasteiger partial charge on any atom is 0.278 e. The third-order valence-corrected chi connectivity index (χ3v) is 2.66. The molecule has 0 radical (unpaired) electrons. The highest BCUT2D eigenvalue weighted by atomic mass is 16.2. The maximum atomic E-state index is 12.4. The minimum Gasteiger partial charge on any atom is -0.382 e. The molecule has 0 saturated heterocycles. The molecule has 0 aliphatic carbocycles. The summed E-state index contributed by atoms with van der Waals surface area (Å²) in [5.74, 6) is -0.0521. The Hall–Kier alpha value is -2.94. The SMILES string of the molecule is N#CCCN(C(=O)c1ccc(N)nn1)c1ccccc1. The van der Waals surface area contributed by atoms with Crippen LogP contribution in [0.3, 0.4) is 0 Å². The van der Waals surface area contributed by atoms with Gasteiger partial charge in [0.1, 0.15) is 5.82 Å². The molecule has 1 amide bonds. The van der Waals surface area contributed by atoms with E-state index >= 15 is 0 Å². The van der Waals surface area contributed by atoms with Crippen molar-refractivity contribution in [2.45, 2.75) is 6.42 Å². The van der Waals surface area contributed by atoms with Gasteiger partial charge in [-0.3, -0.25) is 4.79 Å². The van der Waals surface area contributed by atoms with Gasteiger partial charge in [0.15, 0.2) is 5.69 Å². The number of aromatic nitrogens is 2. The minimum atomic E-state index is -0.307. The van der Waals surface area contributed by atoms with Crippen molar-refractivity contribution in [3.05, 3.63) is 48.2 Å². The first kappa shape index (κ1) is 13.5. The van der Waals surface area contributed by atoms with E-state index in [0.717, 1.165) is 0 Å². The first-order chi connectivity index (χ1) is 9.72. The second-order valence-electron chi connectivity index (χ2n) is 4.04. The number of carbonyl (C=O) groups is 1. The Bertz CT molecular complexity index is 618. The number of hydrogen-bond donors (Lipinski definition) is 1. The quantitative estimate of drug-likeness (QED) is 0.908. The van der Waals surface area contributed by atoms with E-state index < -0.39 is 0 Å². The van der Waals surface area contributed by atoms with Crippen molar-refractivity contribution in [3.63, 3.8) is 0 Å². The zero-order valence-corrected chi connectivity index (χ0v) is 10.7. The normalized spacial score (nSPS) is 9.75. The number of nitriles is 1. The molecule has 1 heterocycles. The second-order valence-corrected chi connectivity index (χ2v) is 4.04. The van der Waals surface area contributed by atoms with Crippen molar-refractivity contribution in [1.82, 2.24) is 10.2 Å². The van der Waals surface area contributed by atoms with Crippen LogP contribution in [0.25, 0.3) is 0 Å². The van der Waals surface area contributed by atoms with Gasteiger partial charge in [0.2, 0.25) is 0 Å². The van der Waals surface area contributed by atoms with Gasteiger partial charge in [0.05, 0.1) is 12.5 Å². The minimum absolute atomic E-state index is 0.195. The Morgan fingerprint density at radius 1 is 1.20 bits per heavy atom. The molecule has 2 N–H and O–H groups in total. The van der Waals surface area contributed by atoms with Crippen LogP contribution >= 0.6 is 0 Å². The summed E-state index contributed by atoms with van der Waals surface area (Å²) in [5.41, 5.74) is 6.36. The zero-order valence-electron chi connectivity index (χ0n) is 10.7. The molecule has 0 aliphatic rings. The van der Waals surface area contributed by atoms with E-state index in [9.17, 15) is 4.79 Å². The van der Waals surface area contributed by atoms with Crippen LogP contribution in [-0.4, -0.2) is 22.6 Å². The largest absolute Gasteiger partial charge is 0.382 e. The van der Waals surface area contributed by atoms with Gasteiger partial charge in [-0.2, -0.15) is 5.26 Å². The number of carbonyl (C=O) groups excluding carboxylic acids is 1. The van der Waals surface area contributed by atoms with Crippen molar-refractivity contribution in [2.24, 2.45) is 0 Å². The van der Waals surface area contributed by atoms with E-state index in [2.05, 4.69) is 10.2 Å². The van der Waals surface area contributed by atoms with Crippen LogP contribution < -0.4 is 10.6 Å². The summed E-state index contributed by atoms with van der Waals surface area (Å²) in [7, 11) is 0. The van der Waals surface area contributed by atoms with Crippen LogP contribution in [0.4, 0.5) is 11.5 Å². The molecule has 0 unspecified atom stereocenters. The average molecular weight is 267 g/mol. The van der Waals surface area contributed by atoms with Crippen LogP contribution in [-0.2, 0) is 0 Å². The van der Waals surface area contributed by atoms with Crippen LogP contribution in [0.1, 0.15) is 16.9 Å². The predicted octanol–water partition coefficient (Wildman–Crippen LogP) is 1.62. The lowest BCUT2D eigenvalue weighted by Gasteiger charge is -2.21. The first-order valence-electron chi connectivity index (χ1n) is 6.05. The molecule has 0 saturated carbocycles. The smallest absolute Gasteiger partial charge is 0.278 e. The summed E-state index contributed by atoms with van der Waals surface area (Å²) < 4.78 is 0. The molecule has 0 aliphatic heterocycles. The molecule has 20 heavy (non-hydrogen) atoms. The third kappa shape index (κ3) is 3.09. The number of benzene rings is 1. The molecule has 2 rings (SSSR count). The van der Waals surface area contributed by atoms with Crippen molar-refractivity contribution >= 4 is 17.4 Å². The topological polar surface area (TPSA) is 95.9 Å². The predicted molar refractivity (Wildman–Crippen MR) is 74.8 cm³/mol. The molecular formula is C14H13N5O.